The SMILES string of the molecule is Cc1ccc(-n2nc(-c3ccccc3)c3c2N(CC(=O)NC2CC2)C(=O)CSC3c2ccsc2)cc1. The number of anilines is 1. The number of aryl methyl sites for hydroxylation is 1. The molecule has 1 atom stereocenters. The minimum absolute atomic E-state index is 0.0228. The van der Waals surface area contributed by atoms with Gasteiger partial charge in [-0.2, -0.15) is 16.4 Å². The molecule has 182 valence electrons. The number of hydrogen-bond acceptors (Lipinski definition) is 5. The number of rotatable bonds is 6. The van der Waals surface area contributed by atoms with E-state index in [1.807, 2.05) is 66.2 Å². The Morgan fingerprint density at radius 2 is 1.86 bits per heavy atom. The van der Waals surface area contributed by atoms with Crippen LogP contribution < -0.4 is 10.2 Å². The molecule has 6 rings (SSSR count). The summed E-state index contributed by atoms with van der Waals surface area (Å²) in [5.74, 6) is 0.745. The summed E-state index contributed by atoms with van der Waals surface area (Å²) in [6, 6.07) is 20.6. The van der Waals surface area contributed by atoms with Crippen LogP contribution >= 0.6 is 23.1 Å². The largest absolute Gasteiger partial charge is 0.352 e. The third-order valence-corrected chi connectivity index (χ3v) is 8.46. The highest BCUT2D eigenvalue weighted by atomic mass is 32.2. The zero-order chi connectivity index (χ0) is 24.6. The Kier molecular flexibility index (Phi) is 6.15. The van der Waals surface area contributed by atoms with Gasteiger partial charge in [0.25, 0.3) is 0 Å². The number of fused-ring (bicyclic) bond motifs is 1. The number of amides is 2. The lowest BCUT2D eigenvalue weighted by molar-refractivity contribution is -0.123. The fraction of sp³-hybridized carbons (Fsp3) is 0.250. The molecule has 2 aromatic heterocycles. The third kappa shape index (κ3) is 4.47. The Morgan fingerprint density at radius 3 is 2.56 bits per heavy atom. The number of nitrogens with zero attached hydrogens (tertiary/aromatic N) is 3. The van der Waals surface area contributed by atoms with Crippen LogP contribution in [0.25, 0.3) is 16.9 Å². The highest BCUT2D eigenvalue weighted by molar-refractivity contribution is 8.00. The molecule has 1 N–H and O–H groups in total. The summed E-state index contributed by atoms with van der Waals surface area (Å²) in [5.41, 5.74) is 5.92. The van der Waals surface area contributed by atoms with Crippen LogP contribution in [0.5, 0.6) is 0 Å². The fourth-order valence-electron chi connectivity index (χ4n) is 4.53. The molecule has 1 aliphatic heterocycles. The van der Waals surface area contributed by atoms with E-state index in [0.717, 1.165) is 46.5 Å². The molecule has 2 aromatic carbocycles. The summed E-state index contributed by atoms with van der Waals surface area (Å²) in [4.78, 5) is 28.2. The number of hydrogen-bond donors (Lipinski definition) is 1. The fourth-order valence-corrected chi connectivity index (χ4v) is 6.49. The molecule has 0 bridgehead atoms. The molecule has 1 saturated carbocycles. The second-order valence-corrected chi connectivity index (χ2v) is 11.1. The van der Waals surface area contributed by atoms with Gasteiger partial charge in [-0.3, -0.25) is 14.5 Å². The Labute approximate surface area is 218 Å². The van der Waals surface area contributed by atoms with Gasteiger partial charge in [-0.15, -0.1) is 11.8 Å². The van der Waals surface area contributed by atoms with Crippen molar-refractivity contribution in [3.63, 3.8) is 0 Å². The van der Waals surface area contributed by atoms with Crippen molar-refractivity contribution in [3.05, 3.63) is 88.1 Å². The van der Waals surface area contributed by atoms with E-state index >= 15 is 0 Å². The van der Waals surface area contributed by atoms with Crippen LogP contribution in [0.15, 0.2) is 71.4 Å². The number of carbonyl (C=O) groups is 2. The molecule has 0 saturated heterocycles. The summed E-state index contributed by atoms with van der Waals surface area (Å²) in [6.07, 6.45) is 2.00. The standard InChI is InChI=1S/C28H26N4O2S2/c1-18-7-11-22(12-8-18)32-28-25(26(30-32)19-5-3-2-4-6-19)27(20-13-14-35-16-20)36-17-24(34)31(28)15-23(33)29-21-9-10-21/h2-8,11-14,16,21,27H,9-10,15,17H2,1H3,(H,29,33). The van der Waals surface area contributed by atoms with Crippen LogP contribution in [0.1, 0.15) is 34.8 Å². The first-order chi connectivity index (χ1) is 17.6. The van der Waals surface area contributed by atoms with Crippen LogP contribution in [-0.4, -0.2) is 39.9 Å². The molecule has 8 heteroatoms. The lowest BCUT2D eigenvalue weighted by atomic mass is 10.0. The zero-order valence-electron chi connectivity index (χ0n) is 19.9. The molecule has 0 radical (unpaired) electrons. The molecule has 36 heavy (non-hydrogen) atoms. The Hall–Kier alpha value is -3.36. The summed E-state index contributed by atoms with van der Waals surface area (Å²) in [6.45, 7) is 2.02. The Bertz CT molecular complexity index is 1390. The van der Waals surface area contributed by atoms with Crippen LogP contribution in [-0.2, 0) is 9.59 Å². The number of thiophene rings is 1. The molecule has 3 heterocycles. The van der Waals surface area contributed by atoms with Gasteiger partial charge in [-0.05, 0) is 54.3 Å². The number of aromatic nitrogens is 2. The minimum Gasteiger partial charge on any atom is -0.352 e. The predicted molar refractivity (Wildman–Crippen MR) is 146 cm³/mol. The summed E-state index contributed by atoms with van der Waals surface area (Å²) >= 11 is 3.24. The number of thioether (sulfide) groups is 1. The van der Waals surface area contributed by atoms with Gasteiger partial charge in [0.15, 0.2) is 0 Å². The monoisotopic (exact) mass is 514 g/mol. The van der Waals surface area contributed by atoms with Gasteiger partial charge in [0, 0.05) is 17.2 Å². The maximum Gasteiger partial charge on any atom is 0.240 e. The summed E-state index contributed by atoms with van der Waals surface area (Å²) < 4.78 is 1.85. The van der Waals surface area contributed by atoms with E-state index in [1.165, 1.54) is 0 Å². The summed E-state index contributed by atoms with van der Waals surface area (Å²) in [7, 11) is 0. The first kappa shape index (κ1) is 23.1. The number of benzene rings is 2. The average Bonchev–Trinajstić information content (AvgIpc) is 3.41. The van der Waals surface area contributed by atoms with E-state index in [4.69, 9.17) is 5.10 Å². The van der Waals surface area contributed by atoms with Crippen molar-refractivity contribution in [1.29, 1.82) is 0 Å². The molecule has 1 unspecified atom stereocenters. The maximum absolute atomic E-state index is 13.6. The molecule has 1 fully saturated rings. The first-order valence-corrected chi connectivity index (χ1v) is 14.1. The van der Waals surface area contributed by atoms with E-state index in [9.17, 15) is 9.59 Å². The normalized spacial score (nSPS) is 17.5. The summed E-state index contributed by atoms with van der Waals surface area (Å²) in [5, 5.41) is 12.3. The van der Waals surface area contributed by atoms with Crippen molar-refractivity contribution in [2.75, 3.05) is 17.2 Å². The number of nitrogens with one attached hydrogen (secondary N) is 1. The Morgan fingerprint density at radius 1 is 1.08 bits per heavy atom. The highest BCUT2D eigenvalue weighted by Gasteiger charge is 2.38. The molecule has 6 nitrogen and oxygen atoms in total. The van der Waals surface area contributed by atoms with Crippen molar-refractivity contribution < 1.29 is 9.59 Å². The second-order valence-electron chi connectivity index (χ2n) is 9.27. The van der Waals surface area contributed by atoms with Crippen molar-refractivity contribution in [3.8, 4) is 16.9 Å². The molecule has 4 aromatic rings. The van der Waals surface area contributed by atoms with Crippen molar-refractivity contribution >= 4 is 40.7 Å². The van der Waals surface area contributed by atoms with Crippen molar-refractivity contribution in [2.45, 2.75) is 31.1 Å². The van der Waals surface area contributed by atoms with Crippen LogP contribution in [0.2, 0.25) is 0 Å². The van der Waals surface area contributed by atoms with Gasteiger partial charge < -0.3 is 5.32 Å². The van der Waals surface area contributed by atoms with Crippen LogP contribution in [0.4, 0.5) is 5.82 Å². The molecule has 0 spiro atoms. The van der Waals surface area contributed by atoms with E-state index in [2.05, 4.69) is 22.1 Å². The van der Waals surface area contributed by atoms with Gasteiger partial charge in [-0.25, -0.2) is 4.68 Å². The van der Waals surface area contributed by atoms with Gasteiger partial charge >= 0.3 is 0 Å². The lowest BCUT2D eigenvalue weighted by Gasteiger charge is -2.23. The quantitative estimate of drug-likeness (QED) is 0.376. The van der Waals surface area contributed by atoms with Gasteiger partial charge in [0.2, 0.25) is 11.8 Å². The highest BCUT2D eigenvalue weighted by Crippen LogP contribution is 2.48. The molecule has 1 aliphatic carbocycles. The van der Waals surface area contributed by atoms with Gasteiger partial charge in [-0.1, -0.05) is 48.0 Å². The van der Waals surface area contributed by atoms with E-state index in [-0.39, 0.29) is 35.4 Å². The van der Waals surface area contributed by atoms with Crippen molar-refractivity contribution in [2.24, 2.45) is 0 Å². The third-order valence-electron chi connectivity index (χ3n) is 6.50. The zero-order valence-corrected chi connectivity index (χ0v) is 21.5. The molecule has 2 amide bonds. The first-order valence-electron chi connectivity index (χ1n) is 12.1. The molecular weight excluding hydrogens is 488 g/mol. The topological polar surface area (TPSA) is 67.2 Å². The van der Waals surface area contributed by atoms with Crippen LogP contribution in [0.3, 0.4) is 0 Å². The van der Waals surface area contributed by atoms with E-state index in [1.54, 1.807) is 28.0 Å². The maximum atomic E-state index is 13.6. The average molecular weight is 515 g/mol. The second kappa shape index (κ2) is 9.59. The van der Waals surface area contributed by atoms with Crippen molar-refractivity contribution in [1.82, 2.24) is 15.1 Å². The molecular formula is C28H26N4O2S2. The van der Waals surface area contributed by atoms with Gasteiger partial charge in [0.1, 0.15) is 12.4 Å². The van der Waals surface area contributed by atoms with E-state index < -0.39 is 0 Å². The molecule has 2 aliphatic rings. The number of carbonyl (C=O) groups excluding carboxylic acids is 2. The predicted octanol–water partition coefficient (Wildman–Crippen LogP) is 5.36. The van der Waals surface area contributed by atoms with E-state index in [0.29, 0.717) is 5.82 Å². The van der Waals surface area contributed by atoms with Crippen LogP contribution in [0, 0.1) is 6.92 Å². The van der Waals surface area contributed by atoms with Gasteiger partial charge in [0.05, 0.1) is 22.4 Å². The smallest absolute Gasteiger partial charge is 0.240 e. The minimum atomic E-state index is -0.131. The Balaban J connectivity index is 1.59. The lowest BCUT2D eigenvalue weighted by Crippen LogP contribution is -2.43.